The third-order valence-electron chi connectivity index (χ3n) is 6.50. The first kappa shape index (κ1) is 32.2. The number of alkyl halides is 3. The summed E-state index contributed by atoms with van der Waals surface area (Å²) in [5, 5.41) is 5.52. The third-order valence-corrected chi connectivity index (χ3v) is 6.50. The first-order chi connectivity index (χ1) is 15.9. The van der Waals surface area contributed by atoms with E-state index in [4.69, 9.17) is 0 Å². The molecule has 0 rings (SSSR count). The minimum atomic E-state index is -4.78. The van der Waals surface area contributed by atoms with Crippen molar-refractivity contribution >= 4 is 5.91 Å². The van der Waals surface area contributed by atoms with Crippen molar-refractivity contribution in [3.63, 3.8) is 0 Å². The van der Waals surface area contributed by atoms with Crippen molar-refractivity contribution in [1.82, 2.24) is 10.6 Å². The van der Waals surface area contributed by atoms with E-state index in [0.29, 0.717) is 12.3 Å². The number of rotatable bonds is 24. The van der Waals surface area contributed by atoms with Gasteiger partial charge in [-0.25, -0.2) is 0 Å². The summed E-state index contributed by atoms with van der Waals surface area (Å²) in [7, 11) is 0. The SMILES string of the molecule is CCCCCCCCCCCCCCCNCCC(CCCCC)CCNC(=O)C(F)(F)F. The second-order valence-corrected chi connectivity index (χ2v) is 9.69. The Labute approximate surface area is 202 Å². The van der Waals surface area contributed by atoms with Gasteiger partial charge in [0, 0.05) is 6.54 Å². The van der Waals surface area contributed by atoms with Crippen LogP contribution in [0.15, 0.2) is 0 Å². The van der Waals surface area contributed by atoms with Crippen molar-refractivity contribution in [3.8, 4) is 0 Å². The van der Waals surface area contributed by atoms with Crippen LogP contribution in [-0.4, -0.2) is 31.7 Å². The highest BCUT2D eigenvalue weighted by Crippen LogP contribution is 2.18. The zero-order valence-corrected chi connectivity index (χ0v) is 21.7. The van der Waals surface area contributed by atoms with E-state index in [2.05, 4.69) is 19.2 Å². The number of carbonyl (C=O) groups excluding carboxylic acids is 1. The smallest absolute Gasteiger partial charge is 0.348 e. The van der Waals surface area contributed by atoms with Crippen LogP contribution in [-0.2, 0) is 4.79 Å². The minimum Gasteiger partial charge on any atom is -0.348 e. The van der Waals surface area contributed by atoms with Crippen LogP contribution in [0.25, 0.3) is 0 Å². The quantitative estimate of drug-likeness (QED) is 0.137. The van der Waals surface area contributed by atoms with Gasteiger partial charge in [0.1, 0.15) is 0 Å². The van der Waals surface area contributed by atoms with E-state index >= 15 is 0 Å². The summed E-state index contributed by atoms with van der Waals surface area (Å²) in [6.45, 7) is 6.44. The summed E-state index contributed by atoms with van der Waals surface area (Å²) in [4.78, 5) is 11.0. The highest BCUT2D eigenvalue weighted by molar-refractivity contribution is 5.81. The molecule has 0 aliphatic heterocycles. The number of nitrogens with one attached hydrogen (secondary N) is 2. The number of amides is 1. The normalized spacial score (nSPS) is 12.8. The summed E-state index contributed by atoms with van der Waals surface area (Å²) in [6.07, 6.45) is 18.8. The largest absolute Gasteiger partial charge is 0.471 e. The topological polar surface area (TPSA) is 41.1 Å². The van der Waals surface area contributed by atoms with Gasteiger partial charge in [-0.1, -0.05) is 117 Å². The number of carbonyl (C=O) groups is 1. The van der Waals surface area contributed by atoms with Gasteiger partial charge in [0.15, 0.2) is 0 Å². The van der Waals surface area contributed by atoms with E-state index in [1.807, 2.05) is 5.32 Å². The van der Waals surface area contributed by atoms with E-state index in [-0.39, 0.29) is 6.54 Å². The van der Waals surface area contributed by atoms with Crippen LogP contribution >= 0.6 is 0 Å². The molecule has 0 radical (unpaired) electrons. The second kappa shape index (κ2) is 23.0. The predicted octanol–water partition coefficient (Wildman–Crippen LogP) is 8.32. The molecule has 0 bridgehead atoms. The van der Waals surface area contributed by atoms with Crippen LogP contribution in [0.5, 0.6) is 0 Å². The average molecular weight is 479 g/mol. The van der Waals surface area contributed by atoms with Gasteiger partial charge in [0.2, 0.25) is 0 Å². The van der Waals surface area contributed by atoms with Crippen molar-refractivity contribution in [2.24, 2.45) is 5.92 Å². The van der Waals surface area contributed by atoms with Gasteiger partial charge < -0.3 is 10.6 Å². The standard InChI is InChI=1S/C27H53F3N2O/c1-3-5-7-8-9-10-11-12-13-14-15-16-18-22-31-23-20-25(19-17-6-4-2)21-24-32-26(33)27(28,29)30/h25,31H,3-24H2,1-2H3,(H,32,33). The van der Waals surface area contributed by atoms with E-state index in [1.165, 1.54) is 83.5 Å². The summed E-state index contributed by atoms with van der Waals surface area (Å²) in [5.41, 5.74) is 0. The lowest BCUT2D eigenvalue weighted by atomic mass is 9.94. The molecule has 33 heavy (non-hydrogen) atoms. The highest BCUT2D eigenvalue weighted by Gasteiger charge is 2.38. The molecule has 1 unspecified atom stereocenters. The predicted molar refractivity (Wildman–Crippen MR) is 134 cm³/mol. The first-order valence-corrected chi connectivity index (χ1v) is 14.0. The second-order valence-electron chi connectivity index (χ2n) is 9.69. The molecular weight excluding hydrogens is 425 g/mol. The Bertz CT molecular complexity index is 430. The van der Waals surface area contributed by atoms with Crippen molar-refractivity contribution in [2.75, 3.05) is 19.6 Å². The van der Waals surface area contributed by atoms with Crippen LogP contribution in [0.2, 0.25) is 0 Å². The molecule has 0 aromatic rings. The lowest BCUT2D eigenvalue weighted by Gasteiger charge is -2.18. The molecule has 1 amide bonds. The number of unbranched alkanes of at least 4 members (excludes halogenated alkanes) is 14. The van der Waals surface area contributed by atoms with Crippen LogP contribution < -0.4 is 10.6 Å². The van der Waals surface area contributed by atoms with E-state index < -0.39 is 12.1 Å². The lowest BCUT2D eigenvalue weighted by molar-refractivity contribution is -0.173. The molecule has 0 saturated carbocycles. The van der Waals surface area contributed by atoms with Crippen molar-refractivity contribution < 1.29 is 18.0 Å². The number of hydrogen-bond donors (Lipinski definition) is 2. The maximum Gasteiger partial charge on any atom is 0.471 e. The monoisotopic (exact) mass is 478 g/mol. The Morgan fingerprint density at radius 3 is 1.58 bits per heavy atom. The van der Waals surface area contributed by atoms with Gasteiger partial charge in [-0.3, -0.25) is 4.79 Å². The molecule has 0 aromatic heterocycles. The molecule has 0 saturated heterocycles. The highest BCUT2D eigenvalue weighted by atomic mass is 19.4. The average Bonchev–Trinajstić information content (AvgIpc) is 2.77. The van der Waals surface area contributed by atoms with E-state index in [1.54, 1.807) is 0 Å². The van der Waals surface area contributed by atoms with Gasteiger partial charge in [-0.15, -0.1) is 0 Å². The number of halogens is 3. The van der Waals surface area contributed by atoms with Crippen molar-refractivity contribution in [2.45, 2.75) is 142 Å². The molecule has 0 aliphatic carbocycles. The summed E-state index contributed by atoms with van der Waals surface area (Å²) < 4.78 is 36.9. The molecule has 0 aromatic carbocycles. The molecule has 3 nitrogen and oxygen atoms in total. The Morgan fingerprint density at radius 2 is 1.06 bits per heavy atom. The van der Waals surface area contributed by atoms with Crippen LogP contribution in [0.1, 0.15) is 136 Å². The van der Waals surface area contributed by atoms with Crippen molar-refractivity contribution in [1.29, 1.82) is 0 Å². The van der Waals surface area contributed by atoms with Gasteiger partial charge in [-0.05, 0) is 38.3 Å². The van der Waals surface area contributed by atoms with E-state index in [0.717, 1.165) is 45.2 Å². The molecule has 1 atom stereocenters. The molecule has 6 heteroatoms. The Morgan fingerprint density at radius 1 is 0.606 bits per heavy atom. The van der Waals surface area contributed by atoms with Crippen LogP contribution in [0.3, 0.4) is 0 Å². The zero-order valence-electron chi connectivity index (χ0n) is 21.7. The fourth-order valence-electron chi connectivity index (χ4n) is 4.31. The maximum absolute atomic E-state index is 12.3. The van der Waals surface area contributed by atoms with Gasteiger partial charge >= 0.3 is 12.1 Å². The van der Waals surface area contributed by atoms with Gasteiger partial charge in [-0.2, -0.15) is 13.2 Å². The van der Waals surface area contributed by atoms with Crippen molar-refractivity contribution in [3.05, 3.63) is 0 Å². The Balaban J connectivity index is 3.63. The van der Waals surface area contributed by atoms with Gasteiger partial charge in [0.25, 0.3) is 0 Å². The summed E-state index contributed by atoms with van der Waals surface area (Å²) in [5.74, 6) is -1.46. The number of hydrogen-bond acceptors (Lipinski definition) is 2. The molecule has 2 N–H and O–H groups in total. The Hall–Kier alpha value is -0.780. The third kappa shape index (κ3) is 22.8. The lowest BCUT2D eigenvalue weighted by Crippen LogP contribution is -2.37. The maximum atomic E-state index is 12.3. The molecule has 198 valence electrons. The van der Waals surface area contributed by atoms with Crippen LogP contribution in [0, 0.1) is 5.92 Å². The fraction of sp³-hybridized carbons (Fsp3) is 0.963. The van der Waals surface area contributed by atoms with Gasteiger partial charge in [0.05, 0.1) is 0 Å². The van der Waals surface area contributed by atoms with Crippen LogP contribution in [0.4, 0.5) is 13.2 Å². The zero-order chi connectivity index (χ0) is 24.6. The summed E-state index contributed by atoms with van der Waals surface area (Å²) >= 11 is 0. The first-order valence-electron chi connectivity index (χ1n) is 14.0. The minimum absolute atomic E-state index is 0.105. The molecule has 0 spiro atoms. The molecule has 0 fully saturated rings. The molecule has 0 heterocycles. The summed E-state index contributed by atoms with van der Waals surface area (Å²) in [6, 6.07) is 0. The Kier molecular flexibility index (Phi) is 22.4. The van der Waals surface area contributed by atoms with E-state index in [9.17, 15) is 18.0 Å². The fourth-order valence-corrected chi connectivity index (χ4v) is 4.31. The molecule has 0 aliphatic rings. The molecular formula is C27H53F3N2O.